The molecule has 0 spiro atoms. The Morgan fingerprint density at radius 1 is 0.933 bits per heavy atom. The first-order chi connectivity index (χ1) is 14.3. The van der Waals surface area contributed by atoms with Crippen molar-refractivity contribution in [3.05, 3.63) is 60.7 Å². The van der Waals surface area contributed by atoms with Crippen molar-refractivity contribution >= 4 is 24.7 Å². The van der Waals surface area contributed by atoms with Crippen molar-refractivity contribution in [2.45, 2.75) is 50.5 Å². The molecule has 2 aromatic rings. The normalized spacial score (nSPS) is 24.6. The predicted molar refractivity (Wildman–Crippen MR) is 121 cm³/mol. The van der Waals surface area contributed by atoms with Crippen LogP contribution in [0.1, 0.15) is 27.2 Å². The number of nitrogens with two attached hydrogens (primary N) is 1. The van der Waals surface area contributed by atoms with E-state index < -0.39 is 20.3 Å². The van der Waals surface area contributed by atoms with Crippen LogP contribution in [0.3, 0.4) is 0 Å². The van der Waals surface area contributed by atoms with Gasteiger partial charge in [-0.3, -0.25) is 4.79 Å². The average molecular weight is 428 g/mol. The first kappa shape index (κ1) is 22.7. The molecule has 4 atom stereocenters. The lowest BCUT2D eigenvalue weighted by molar-refractivity contribution is -0.149. The van der Waals surface area contributed by atoms with E-state index in [4.69, 9.17) is 19.6 Å². The highest BCUT2D eigenvalue weighted by atomic mass is 28.4. The van der Waals surface area contributed by atoms with Gasteiger partial charge in [0, 0.05) is 13.2 Å². The minimum atomic E-state index is -2.85. The summed E-state index contributed by atoms with van der Waals surface area (Å²) in [7, 11) is 0.196. The number of esters is 1. The summed E-state index contributed by atoms with van der Waals surface area (Å²) in [6.07, 6.45) is -0.381. The monoisotopic (exact) mass is 427 g/mol. The third-order valence-electron chi connectivity index (χ3n) is 6.17. The van der Waals surface area contributed by atoms with Crippen LogP contribution in [0, 0.1) is 5.92 Å². The predicted octanol–water partition coefficient (Wildman–Crippen LogP) is 2.47. The Morgan fingerprint density at radius 2 is 1.43 bits per heavy atom. The van der Waals surface area contributed by atoms with E-state index in [0.29, 0.717) is 6.42 Å². The van der Waals surface area contributed by atoms with Gasteiger partial charge in [0.05, 0.1) is 25.2 Å². The van der Waals surface area contributed by atoms with Crippen molar-refractivity contribution in [2.24, 2.45) is 11.7 Å². The SMILES string of the molecule is COC(=O)C1CC(N)C(OC)C1O[Si](c1ccccc1)(c1ccccc1)C(C)(C)C. The third kappa shape index (κ3) is 3.97. The number of rotatable bonds is 6. The van der Waals surface area contributed by atoms with Crippen LogP contribution in [0.2, 0.25) is 5.04 Å². The van der Waals surface area contributed by atoms with Crippen LogP contribution >= 0.6 is 0 Å². The van der Waals surface area contributed by atoms with Gasteiger partial charge in [-0.05, 0) is 21.8 Å². The molecule has 0 saturated heterocycles. The Hall–Kier alpha value is -1.99. The minimum Gasteiger partial charge on any atom is -0.469 e. The second kappa shape index (κ2) is 9.02. The fourth-order valence-corrected chi connectivity index (χ4v) is 9.49. The minimum absolute atomic E-state index is 0.207. The highest BCUT2D eigenvalue weighted by Crippen LogP contribution is 2.41. The van der Waals surface area contributed by atoms with Gasteiger partial charge in [0.15, 0.2) is 0 Å². The number of carbonyl (C=O) groups is 1. The van der Waals surface area contributed by atoms with E-state index in [1.54, 1.807) is 7.11 Å². The van der Waals surface area contributed by atoms with Gasteiger partial charge in [0.2, 0.25) is 0 Å². The maximum absolute atomic E-state index is 12.6. The maximum Gasteiger partial charge on any atom is 0.311 e. The summed E-state index contributed by atoms with van der Waals surface area (Å²) in [6.45, 7) is 6.63. The van der Waals surface area contributed by atoms with Gasteiger partial charge in [0.1, 0.15) is 0 Å². The molecule has 30 heavy (non-hydrogen) atoms. The molecule has 0 radical (unpaired) electrons. The van der Waals surface area contributed by atoms with Crippen molar-refractivity contribution in [1.29, 1.82) is 0 Å². The van der Waals surface area contributed by atoms with Gasteiger partial charge in [-0.1, -0.05) is 81.4 Å². The van der Waals surface area contributed by atoms with Crippen LogP contribution in [-0.2, 0) is 18.7 Å². The van der Waals surface area contributed by atoms with E-state index in [2.05, 4.69) is 45.0 Å². The molecule has 2 aromatic carbocycles. The van der Waals surface area contributed by atoms with Crippen molar-refractivity contribution < 1.29 is 18.7 Å². The largest absolute Gasteiger partial charge is 0.469 e. The molecule has 4 unspecified atom stereocenters. The molecule has 1 aliphatic rings. The number of hydrogen-bond acceptors (Lipinski definition) is 5. The number of benzene rings is 2. The molecule has 0 bridgehead atoms. The van der Waals surface area contributed by atoms with E-state index in [9.17, 15) is 4.79 Å². The molecule has 0 aromatic heterocycles. The van der Waals surface area contributed by atoms with Crippen LogP contribution in [0.5, 0.6) is 0 Å². The zero-order chi connectivity index (χ0) is 21.9. The van der Waals surface area contributed by atoms with Gasteiger partial charge in [-0.15, -0.1) is 0 Å². The molecule has 162 valence electrons. The molecule has 1 saturated carbocycles. The van der Waals surface area contributed by atoms with Gasteiger partial charge in [0.25, 0.3) is 8.32 Å². The van der Waals surface area contributed by atoms with Gasteiger partial charge >= 0.3 is 5.97 Å². The molecule has 6 heteroatoms. The second-order valence-electron chi connectivity index (χ2n) is 8.98. The summed E-state index contributed by atoms with van der Waals surface area (Å²) in [5, 5.41) is 2.10. The lowest BCUT2D eigenvalue weighted by Crippen LogP contribution is -2.69. The summed E-state index contributed by atoms with van der Waals surface area (Å²) in [6, 6.07) is 20.4. The Morgan fingerprint density at radius 3 is 1.83 bits per heavy atom. The summed E-state index contributed by atoms with van der Waals surface area (Å²) in [4.78, 5) is 12.6. The van der Waals surface area contributed by atoms with E-state index in [-0.39, 0.29) is 23.2 Å². The number of hydrogen-bond donors (Lipinski definition) is 1. The highest BCUT2D eigenvalue weighted by molar-refractivity contribution is 6.99. The summed E-state index contributed by atoms with van der Waals surface area (Å²) in [5.74, 6) is -0.760. The molecular weight excluding hydrogens is 394 g/mol. The quantitative estimate of drug-likeness (QED) is 0.566. The second-order valence-corrected chi connectivity index (χ2v) is 13.2. The lowest BCUT2D eigenvalue weighted by Gasteiger charge is -2.46. The number of ether oxygens (including phenoxy) is 2. The zero-order valence-electron chi connectivity index (χ0n) is 18.5. The van der Waals surface area contributed by atoms with Gasteiger partial charge < -0.3 is 19.6 Å². The fraction of sp³-hybridized carbons (Fsp3) is 0.458. The number of carbonyl (C=O) groups excluding carboxylic acids is 1. The summed E-state index contributed by atoms with van der Waals surface area (Å²) < 4.78 is 18.0. The Labute approximate surface area is 180 Å². The van der Waals surface area contributed by atoms with E-state index in [1.165, 1.54) is 7.11 Å². The van der Waals surface area contributed by atoms with E-state index >= 15 is 0 Å². The van der Waals surface area contributed by atoms with E-state index in [1.807, 2.05) is 36.4 Å². The molecular formula is C24H33NO4Si. The summed E-state index contributed by atoms with van der Waals surface area (Å²) in [5.41, 5.74) is 6.37. The average Bonchev–Trinajstić information content (AvgIpc) is 3.06. The van der Waals surface area contributed by atoms with Crippen LogP contribution in [0.25, 0.3) is 0 Å². The molecule has 0 amide bonds. The van der Waals surface area contributed by atoms with Gasteiger partial charge in [-0.25, -0.2) is 0 Å². The smallest absolute Gasteiger partial charge is 0.311 e. The highest BCUT2D eigenvalue weighted by Gasteiger charge is 2.56. The molecule has 5 nitrogen and oxygen atoms in total. The van der Waals surface area contributed by atoms with Crippen molar-refractivity contribution in [1.82, 2.24) is 0 Å². The molecule has 2 N–H and O–H groups in total. The van der Waals surface area contributed by atoms with Gasteiger partial charge in [-0.2, -0.15) is 0 Å². The Bertz CT molecular complexity index is 798. The van der Waals surface area contributed by atoms with Crippen molar-refractivity contribution in [2.75, 3.05) is 14.2 Å². The lowest BCUT2D eigenvalue weighted by atomic mass is 10.1. The maximum atomic E-state index is 12.6. The first-order valence-corrected chi connectivity index (χ1v) is 12.3. The Kier molecular flexibility index (Phi) is 6.82. The first-order valence-electron chi connectivity index (χ1n) is 10.4. The summed E-state index contributed by atoms with van der Waals surface area (Å²) >= 11 is 0. The van der Waals surface area contributed by atoms with Crippen molar-refractivity contribution in [3.8, 4) is 0 Å². The van der Waals surface area contributed by atoms with Crippen LogP contribution in [0.15, 0.2) is 60.7 Å². The molecule has 0 heterocycles. The Balaban J connectivity index is 2.21. The zero-order valence-corrected chi connectivity index (χ0v) is 19.5. The van der Waals surface area contributed by atoms with Crippen LogP contribution in [0.4, 0.5) is 0 Å². The van der Waals surface area contributed by atoms with Crippen LogP contribution in [-0.4, -0.2) is 46.8 Å². The number of methoxy groups -OCH3 is 2. The topological polar surface area (TPSA) is 70.8 Å². The van der Waals surface area contributed by atoms with Crippen LogP contribution < -0.4 is 16.1 Å². The van der Waals surface area contributed by atoms with E-state index in [0.717, 1.165) is 10.4 Å². The fourth-order valence-electron chi connectivity index (χ4n) is 4.77. The third-order valence-corrected chi connectivity index (χ3v) is 11.2. The van der Waals surface area contributed by atoms with Crippen molar-refractivity contribution in [3.63, 3.8) is 0 Å². The molecule has 3 rings (SSSR count). The molecule has 1 fully saturated rings. The molecule has 0 aliphatic heterocycles. The molecule has 1 aliphatic carbocycles. The standard InChI is InChI=1S/C24H33NO4Si/c1-24(2,3)30(17-12-8-6-9-13-17,18-14-10-7-11-15-18)29-21-19(23(26)28-5)16-20(25)22(21)27-4/h6-15,19-22H,16,25H2,1-5H3.